The highest BCUT2D eigenvalue weighted by Gasteiger charge is 2.34. The minimum absolute atomic E-state index is 0.00643. The average Bonchev–Trinajstić information content (AvgIpc) is 3.38. The van der Waals surface area contributed by atoms with E-state index in [1.54, 1.807) is 12.1 Å². The number of aromatic nitrogens is 1. The first kappa shape index (κ1) is 28.3. The summed E-state index contributed by atoms with van der Waals surface area (Å²) in [5, 5.41) is 7.90. The summed E-state index contributed by atoms with van der Waals surface area (Å²) in [5.41, 5.74) is 9.30. The van der Waals surface area contributed by atoms with Gasteiger partial charge in [0, 0.05) is 23.1 Å². The molecule has 42 heavy (non-hydrogen) atoms. The smallest absolute Gasteiger partial charge is 0.416 e. The molecule has 0 bridgehead atoms. The maximum Gasteiger partial charge on any atom is 0.416 e. The third kappa shape index (κ3) is 6.03. The van der Waals surface area contributed by atoms with Gasteiger partial charge in [0.1, 0.15) is 11.5 Å². The molecule has 1 aliphatic carbocycles. The molecule has 220 valence electrons. The number of carbonyl (C=O) groups excluding carboxylic acids is 1. The molecule has 6 rings (SSSR count). The average molecular weight is 577 g/mol. The Morgan fingerprint density at radius 2 is 1.64 bits per heavy atom. The van der Waals surface area contributed by atoms with Gasteiger partial charge in [-0.2, -0.15) is 13.2 Å². The molecule has 5 N–H and O–H groups in total. The Morgan fingerprint density at radius 3 is 2.36 bits per heavy atom. The van der Waals surface area contributed by atoms with Crippen LogP contribution in [0.1, 0.15) is 54.1 Å². The van der Waals surface area contributed by atoms with Crippen LogP contribution in [0.2, 0.25) is 0 Å². The van der Waals surface area contributed by atoms with Crippen LogP contribution in [0.4, 0.5) is 13.2 Å². The number of nitrogens with one attached hydrogen (secondary N) is 3. The molecule has 6 nitrogen and oxygen atoms in total. The summed E-state index contributed by atoms with van der Waals surface area (Å²) in [5.74, 6) is 1.81. The molecule has 0 radical (unpaired) electrons. The first-order valence-electron chi connectivity index (χ1n) is 14.6. The van der Waals surface area contributed by atoms with E-state index in [0.717, 1.165) is 59.1 Å². The molecule has 1 fully saturated rings. The number of ether oxygens (including phenoxy) is 1. The van der Waals surface area contributed by atoms with Crippen LogP contribution in [-0.4, -0.2) is 30.0 Å². The summed E-state index contributed by atoms with van der Waals surface area (Å²) in [4.78, 5) is 17.0. The lowest BCUT2D eigenvalue weighted by atomic mass is 9.81. The maximum absolute atomic E-state index is 13.5. The topological polar surface area (TPSA) is 92.2 Å². The maximum atomic E-state index is 13.5. The lowest BCUT2D eigenvalue weighted by Gasteiger charge is -2.32. The third-order valence-electron chi connectivity index (χ3n) is 8.65. The van der Waals surface area contributed by atoms with E-state index >= 15 is 0 Å². The van der Waals surface area contributed by atoms with Gasteiger partial charge in [-0.05, 0) is 97.7 Å². The van der Waals surface area contributed by atoms with Crippen molar-refractivity contribution in [3.05, 3.63) is 95.2 Å². The molecular formula is C33H35F3N4O2. The van der Waals surface area contributed by atoms with Gasteiger partial charge in [-0.1, -0.05) is 36.8 Å². The molecule has 4 unspecified atom stereocenters. The van der Waals surface area contributed by atoms with Crippen molar-refractivity contribution in [1.29, 1.82) is 0 Å². The van der Waals surface area contributed by atoms with Crippen molar-refractivity contribution in [2.45, 2.75) is 50.4 Å². The number of amides is 1. The van der Waals surface area contributed by atoms with Crippen molar-refractivity contribution < 1.29 is 22.7 Å². The molecule has 3 aromatic carbocycles. The summed E-state index contributed by atoms with van der Waals surface area (Å²) in [6.07, 6.45) is 0.684. The first-order valence-corrected chi connectivity index (χ1v) is 14.6. The molecule has 1 amide bonds. The molecular weight excluding hydrogens is 541 g/mol. The predicted molar refractivity (Wildman–Crippen MR) is 156 cm³/mol. The van der Waals surface area contributed by atoms with Gasteiger partial charge in [0.25, 0.3) is 0 Å². The van der Waals surface area contributed by atoms with Crippen LogP contribution < -0.4 is 21.1 Å². The molecule has 1 aliphatic heterocycles. The van der Waals surface area contributed by atoms with E-state index in [0.29, 0.717) is 42.8 Å². The standard InChI is InChI=1S/C33H35F3N4O2/c34-33(35,36)23-10-14-25(15-11-23)42-24-12-8-22(9-13-24)30-31-27(26-6-1-2-7-28(26)39-31)17-29(40-30)32(41)38-19-21-5-3-4-20(16-21)18-37/h1-2,6-15,20-21,29-30,39-40H,3-5,16-19,37H2,(H,38,41). The largest absolute Gasteiger partial charge is 0.457 e. The van der Waals surface area contributed by atoms with Gasteiger partial charge in [-0.15, -0.1) is 0 Å². The number of halogens is 3. The normalized spacial score (nSPS) is 22.5. The Balaban J connectivity index is 1.20. The summed E-state index contributed by atoms with van der Waals surface area (Å²) in [7, 11) is 0. The Hall–Kier alpha value is -3.82. The number of hydrogen-bond donors (Lipinski definition) is 4. The van der Waals surface area contributed by atoms with Crippen LogP contribution in [0.25, 0.3) is 10.9 Å². The first-order chi connectivity index (χ1) is 20.3. The van der Waals surface area contributed by atoms with Crippen molar-refractivity contribution in [2.24, 2.45) is 17.6 Å². The van der Waals surface area contributed by atoms with E-state index < -0.39 is 17.8 Å². The fourth-order valence-electron chi connectivity index (χ4n) is 6.41. The van der Waals surface area contributed by atoms with E-state index in [9.17, 15) is 18.0 Å². The van der Waals surface area contributed by atoms with Crippen LogP contribution in [0.5, 0.6) is 11.5 Å². The number of para-hydroxylation sites is 1. The van der Waals surface area contributed by atoms with Crippen LogP contribution in [0, 0.1) is 11.8 Å². The fourth-order valence-corrected chi connectivity index (χ4v) is 6.41. The monoisotopic (exact) mass is 576 g/mol. The van der Waals surface area contributed by atoms with Crippen LogP contribution >= 0.6 is 0 Å². The van der Waals surface area contributed by atoms with Crippen molar-refractivity contribution >= 4 is 16.8 Å². The molecule has 2 aliphatic rings. The van der Waals surface area contributed by atoms with Gasteiger partial charge < -0.3 is 20.8 Å². The van der Waals surface area contributed by atoms with Crippen LogP contribution in [0.3, 0.4) is 0 Å². The highest BCUT2D eigenvalue weighted by atomic mass is 19.4. The molecule has 0 spiro atoms. The summed E-state index contributed by atoms with van der Waals surface area (Å²) < 4.78 is 44.5. The molecule has 9 heteroatoms. The number of fused-ring (bicyclic) bond motifs is 3. The molecule has 4 atom stereocenters. The number of benzene rings is 3. The van der Waals surface area contributed by atoms with E-state index in [-0.39, 0.29) is 11.9 Å². The minimum Gasteiger partial charge on any atom is -0.457 e. The zero-order chi connectivity index (χ0) is 29.3. The number of hydrogen-bond acceptors (Lipinski definition) is 4. The number of aromatic amines is 1. The molecule has 4 aromatic rings. The third-order valence-corrected chi connectivity index (χ3v) is 8.65. The van der Waals surface area contributed by atoms with Gasteiger partial charge in [0.15, 0.2) is 0 Å². The van der Waals surface area contributed by atoms with Gasteiger partial charge >= 0.3 is 6.18 Å². The minimum atomic E-state index is -4.40. The number of nitrogens with two attached hydrogens (primary N) is 1. The highest BCUT2D eigenvalue weighted by Crippen LogP contribution is 2.37. The van der Waals surface area contributed by atoms with Gasteiger partial charge in [-0.25, -0.2) is 0 Å². The Labute approximate surface area is 242 Å². The van der Waals surface area contributed by atoms with E-state index in [1.807, 2.05) is 30.3 Å². The lowest BCUT2D eigenvalue weighted by Crippen LogP contribution is -2.50. The zero-order valence-corrected chi connectivity index (χ0v) is 23.2. The van der Waals surface area contributed by atoms with Gasteiger partial charge in [-0.3, -0.25) is 10.1 Å². The number of carbonyl (C=O) groups is 1. The van der Waals surface area contributed by atoms with E-state index in [2.05, 4.69) is 21.7 Å². The van der Waals surface area contributed by atoms with Crippen molar-refractivity contribution in [3.8, 4) is 11.5 Å². The summed E-state index contributed by atoms with van der Waals surface area (Å²) in [6.45, 7) is 1.36. The van der Waals surface area contributed by atoms with Gasteiger partial charge in [0.2, 0.25) is 5.91 Å². The highest BCUT2D eigenvalue weighted by molar-refractivity contribution is 5.88. The lowest BCUT2D eigenvalue weighted by molar-refractivity contribution is -0.137. The molecule has 1 aromatic heterocycles. The second-order valence-electron chi connectivity index (χ2n) is 11.5. The van der Waals surface area contributed by atoms with E-state index in [4.69, 9.17) is 10.5 Å². The number of alkyl halides is 3. The second kappa shape index (κ2) is 11.8. The van der Waals surface area contributed by atoms with Crippen LogP contribution in [0.15, 0.2) is 72.8 Å². The zero-order valence-electron chi connectivity index (χ0n) is 23.2. The summed E-state index contributed by atoms with van der Waals surface area (Å²) in [6, 6.07) is 19.5. The van der Waals surface area contributed by atoms with Crippen molar-refractivity contribution in [1.82, 2.24) is 15.6 Å². The number of H-pyrrole nitrogens is 1. The quantitative estimate of drug-likeness (QED) is 0.203. The second-order valence-corrected chi connectivity index (χ2v) is 11.5. The van der Waals surface area contributed by atoms with Gasteiger partial charge in [0.05, 0.1) is 17.6 Å². The number of rotatable bonds is 7. The van der Waals surface area contributed by atoms with Crippen molar-refractivity contribution in [2.75, 3.05) is 13.1 Å². The summed E-state index contributed by atoms with van der Waals surface area (Å²) >= 11 is 0. The van der Waals surface area contributed by atoms with Crippen molar-refractivity contribution in [3.63, 3.8) is 0 Å². The Kier molecular flexibility index (Phi) is 7.96. The predicted octanol–water partition coefficient (Wildman–Crippen LogP) is 6.46. The molecule has 0 saturated heterocycles. The van der Waals surface area contributed by atoms with Crippen LogP contribution in [-0.2, 0) is 17.4 Å². The Bertz CT molecular complexity index is 1530. The molecule has 2 heterocycles. The SMILES string of the molecule is NCC1CCCC(CNC(=O)C2Cc3c([nH]c4ccccc34)C(c3ccc(Oc4ccc(C(F)(F)F)cc4)cc3)N2)C1. The molecule has 1 saturated carbocycles. The Morgan fingerprint density at radius 1 is 0.952 bits per heavy atom. The fraction of sp³-hybridized carbons (Fsp3) is 0.364. The van der Waals surface area contributed by atoms with E-state index in [1.165, 1.54) is 18.6 Å².